The molecule has 1 aliphatic rings. The molecule has 1 saturated heterocycles. The number of benzene rings is 1. The van der Waals surface area contributed by atoms with Crippen LogP contribution in [0.15, 0.2) is 24.3 Å². The summed E-state index contributed by atoms with van der Waals surface area (Å²) in [4.78, 5) is 0. The molecule has 1 aromatic rings. The third-order valence-electron chi connectivity index (χ3n) is 4.16. The average Bonchev–Trinajstić information content (AvgIpc) is 2.46. The summed E-state index contributed by atoms with van der Waals surface area (Å²) in [5, 5.41) is 3.55. The highest BCUT2D eigenvalue weighted by molar-refractivity contribution is 5.30. The van der Waals surface area contributed by atoms with E-state index < -0.39 is 0 Å². The molecule has 112 valence electrons. The first-order chi connectivity index (χ1) is 9.70. The van der Waals surface area contributed by atoms with Gasteiger partial charge in [-0.25, -0.2) is 0 Å². The van der Waals surface area contributed by atoms with Crippen molar-refractivity contribution in [3.05, 3.63) is 29.8 Å². The lowest BCUT2D eigenvalue weighted by atomic mass is 9.77. The molecule has 2 atom stereocenters. The Morgan fingerprint density at radius 3 is 2.65 bits per heavy atom. The third-order valence-corrected chi connectivity index (χ3v) is 4.16. The largest absolute Gasteiger partial charge is 0.494 e. The number of ether oxygens (including phenoxy) is 1. The predicted molar refractivity (Wildman–Crippen MR) is 85.4 cm³/mol. The summed E-state index contributed by atoms with van der Waals surface area (Å²) in [5.41, 5.74) is 1.49. The first-order valence-electron chi connectivity index (χ1n) is 8.14. The Morgan fingerprint density at radius 2 is 2.00 bits per heavy atom. The van der Waals surface area contributed by atoms with Crippen molar-refractivity contribution in [2.24, 2.45) is 11.8 Å². The molecular weight excluding hydrogens is 246 g/mol. The number of nitrogens with one attached hydrogen (secondary N) is 1. The minimum Gasteiger partial charge on any atom is -0.494 e. The minimum atomic E-state index is 0.707. The molecule has 2 unspecified atom stereocenters. The fourth-order valence-corrected chi connectivity index (χ4v) is 3.25. The predicted octanol–water partition coefficient (Wildman–Crippen LogP) is 4.21. The van der Waals surface area contributed by atoms with E-state index in [1.54, 1.807) is 0 Å². The first kappa shape index (κ1) is 15.4. The molecule has 0 aromatic heterocycles. The van der Waals surface area contributed by atoms with Crippen LogP contribution in [0.1, 0.15) is 51.5 Å². The second-order valence-electron chi connectivity index (χ2n) is 6.41. The quantitative estimate of drug-likeness (QED) is 0.839. The standard InChI is InChI=1S/C18H29NO/c1-4-11-20-17-7-5-15(6-8-17)18-9-10-19-13-16(18)12-14(2)3/h5-8,14,16,18-19H,4,9-13H2,1-3H3. The number of piperidine rings is 1. The van der Waals surface area contributed by atoms with Crippen molar-refractivity contribution in [1.29, 1.82) is 0 Å². The van der Waals surface area contributed by atoms with E-state index in [1.165, 1.54) is 18.4 Å². The Labute approximate surface area is 123 Å². The molecule has 2 heteroatoms. The van der Waals surface area contributed by atoms with Gasteiger partial charge in [0.15, 0.2) is 0 Å². The van der Waals surface area contributed by atoms with E-state index in [-0.39, 0.29) is 0 Å². The van der Waals surface area contributed by atoms with Gasteiger partial charge in [0.05, 0.1) is 6.61 Å². The van der Waals surface area contributed by atoms with Crippen molar-refractivity contribution in [2.45, 2.75) is 46.0 Å². The van der Waals surface area contributed by atoms with Gasteiger partial charge in [0, 0.05) is 0 Å². The topological polar surface area (TPSA) is 21.3 Å². The van der Waals surface area contributed by atoms with E-state index in [0.29, 0.717) is 5.92 Å². The van der Waals surface area contributed by atoms with Crippen LogP contribution in [0, 0.1) is 11.8 Å². The van der Waals surface area contributed by atoms with Gasteiger partial charge < -0.3 is 10.1 Å². The van der Waals surface area contributed by atoms with Crippen molar-refractivity contribution in [3.63, 3.8) is 0 Å². The molecule has 2 nitrogen and oxygen atoms in total. The van der Waals surface area contributed by atoms with Gasteiger partial charge in [-0.1, -0.05) is 32.9 Å². The van der Waals surface area contributed by atoms with Gasteiger partial charge in [-0.15, -0.1) is 0 Å². The molecule has 0 aliphatic carbocycles. The zero-order valence-corrected chi connectivity index (χ0v) is 13.2. The summed E-state index contributed by atoms with van der Waals surface area (Å²) >= 11 is 0. The van der Waals surface area contributed by atoms with Gasteiger partial charge in [-0.2, -0.15) is 0 Å². The normalized spacial score (nSPS) is 23.0. The van der Waals surface area contributed by atoms with Crippen molar-refractivity contribution >= 4 is 0 Å². The Bertz CT molecular complexity index is 385. The van der Waals surface area contributed by atoms with Crippen LogP contribution in [0.4, 0.5) is 0 Å². The summed E-state index contributed by atoms with van der Waals surface area (Å²) < 4.78 is 5.68. The van der Waals surface area contributed by atoms with Gasteiger partial charge in [0.1, 0.15) is 5.75 Å². The van der Waals surface area contributed by atoms with Crippen LogP contribution in [0.3, 0.4) is 0 Å². The number of hydrogen-bond acceptors (Lipinski definition) is 2. The molecule has 1 aliphatic heterocycles. The van der Waals surface area contributed by atoms with Crippen LogP contribution in [0.5, 0.6) is 5.75 Å². The summed E-state index contributed by atoms with van der Waals surface area (Å²) in [6.07, 6.45) is 3.63. The molecule has 0 spiro atoms. The van der Waals surface area contributed by atoms with E-state index in [9.17, 15) is 0 Å². The summed E-state index contributed by atoms with van der Waals surface area (Å²) in [5.74, 6) is 3.25. The molecule has 0 saturated carbocycles. The maximum Gasteiger partial charge on any atom is 0.119 e. The molecule has 1 fully saturated rings. The third kappa shape index (κ3) is 4.24. The monoisotopic (exact) mass is 275 g/mol. The second kappa shape index (κ2) is 7.68. The van der Waals surface area contributed by atoms with Crippen LogP contribution >= 0.6 is 0 Å². The molecule has 2 rings (SSSR count). The van der Waals surface area contributed by atoms with Crippen LogP contribution in [0.2, 0.25) is 0 Å². The molecule has 1 N–H and O–H groups in total. The van der Waals surface area contributed by atoms with E-state index in [0.717, 1.165) is 43.7 Å². The number of hydrogen-bond donors (Lipinski definition) is 1. The highest BCUT2D eigenvalue weighted by Crippen LogP contribution is 2.34. The molecule has 0 bridgehead atoms. The Morgan fingerprint density at radius 1 is 1.25 bits per heavy atom. The highest BCUT2D eigenvalue weighted by Gasteiger charge is 2.26. The van der Waals surface area contributed by atoms with E-state index in [1.807, 2.05) is 0 Å². The van der Waals surface area contributed by atoms with E-state index in [4.69, 9.17) is 4.74 Å². The lowest BCUT2D eigenvalue weighted by Gasteiger charge is -2.33. The second-order valence-corrected chi connectivity index (χ2v) is 6.41. The minimum absolute atomic E-state index is 0.707. The van der Waals surface area contributed by atoms with Gasteiger partial charge >= 0.3 is 0 Å². The van der Waals surface area contributed by atoms with Crippen LogP contribution in [-0.4, -0.2) is 19.7 Å². The van der Waals surface area contributed by atoms with Crippen LogP contribution in [-0.2, 0) is 0 Å². The van der Waals surface area contributed by atoms with Crippen LogP contribution in [0.25, 0.3) is 0 Å². The fraction of sp³-hybridized carbons (Fsp3) is 0.667. The molecular formula is C18H29NO. The van der Waals surface area contributed by atoms with Crippen molar-refractivity contribution in [1.82, 2.24) is 5.32 Å². The molecule has 0 amide bonds. The maximum absolute atomic E-state index is 5.68. The van der Waals surface area contributed by atoms with Gasteiger partial charge in [0.2, 0.25) is 0 Å². The summed E-state index contributed by atoms with van der Waals surface area (Å²) in [6.45, 7) is 9.91. The average molecular weight is 275 g/mol. The van der Waals surface area contributed by atoms with E-state index >= 15 is 0 Å². The SMILES string of the molecule is CCCOc1ccc(C2CCNCC2CC(C)C)cc1. The first-order valence-corrected chi connectivity index (χ1v) is 8.14. The zero-order chi connectivity index (χ0) is 14.4. The Hall–Kier alpha value is -1.02. The van der Waals surface area contributed by atoms with Crippen molar-refractivity contribution in [2.75, 3.05) is 19.7 Å². The van der Waals surface area contributed by atoms with Gasteiger partial charge in [-0.3, -0.25) is 0 Å². The number of rotatable bonds is 6. The lowest BCUT2D eigenvalue weighted by Crippen LogP contribution is -2.36. The lowest BCUT2D eigenvalue weighted by molar-refractivity contribution is 0.279. The van der Waals surface area contributed by atoms with Crippen LogP contribution < -0.4 is 10.1 Å². The zero-order valence-electron chi connectivity index (χ0n) is 13.2. The Balaban J connectivity index is 2.03. The Kier molecular flexibility index (Phi) is 5.90. The highest BCUT2D eigenvalue weighted by atomic mass is 16.5. The summed E-state index contributed by atoms with van der Waals surface area (Å²) in [6, 6.07) is 8.82. The molecule has 20 heavy (non-hydrogen) atoms. The van der Waals surface area contributed by atoms with Crippen molar-refractivity contribution in [3.8, 4) is 5.75 Å². The maximum atomic E-state index is 5.68. The summed E-state index contributed by atoms with van der Waals surface area (Å²) in [7, 11) is 0. The molecule has 1 aromatic carbocycles. The van der Waals surface area contributed by atoms with Gasteiger partial charge in [0.25, 0.3) is 0 Å². The smallest absolute Gasteiger partial charge is 0.119 e. The van der Waals surface area contributed by atoms with E-state index in [2.05, 4.69) is 50.4 Å². The van der Waals surface area contributed by atoms with Crippen molar-refractivity contribution < 1.29 is 4.74 Å². The molecule has 0 radical (unpaired) electrons. The molecule has 1 heterocycles. The fourth-order valence-electron chi connectivity index (χ4n) is 3.25. The van der Waals surface area contributed by atoms with Gasteiger partial charge in [-0.05, 0) is 67.8 Å².